The fourth-order valence-corrected chi connectivity index (χ4v) is 9.61. The van der Waals surface area contributed by atoms with Crippen LogP contribution in [-0.2, 0) is 18.0 Å². The number of methoxy groups -OCH3 is 1. The van der Waals surface area contributed by atoms with Crippen LogP contribution in [0.3, 0.4) is 0 Å². The molecule has 236 valence electrons. The Kier molecular flexibility index (Phi) is 7.43. The molecule has 0 spiro atoms. The van der Waals surface area contributed by atoms with Crippen LogP contribution < -0.4 is 10.4 Å². The molecule has 0 bridgehead atoms. The van der Waals surface area contributed by atoms with Gasteiger partial charge < -0.3 is 18.0 Å². The second kappa shape index (κ2) is 11.5. The molecule has 0 heterocycles. The Morgan fingerprint density at radius 1 is 0.553 bits per heavy atom. The number of ether oxygens (including phenoxy) is 1. The molecule has 0 aromatic heterocycles. The maximum absolute atomic E-state index is 6.10. The Hall–Kier alpha value is -4.10. The third-order valence-electron chi connectivity index (χ3n) is 10.6. The number of rotatable bonds is 8. The highest BCUT2D eigenvalue weighted by Gasteiger charge is 2.41. The maximum Gasteiger partial charge on any atom is 0.500 e. The Bertz CT molecular complexity index is 2470. The van der Waals surface area contributed by atoms with E-state index in [0.29, 0.717) is 6.04 Å². The predicted molar refractivity (Wildman–Crippen MR) is 199 cm³/mol. The van der Waals surface area contributed by atoms with Gasteiger partial charge in [0.1, 0.15) is 0 Å². The van der Waals surface area contributed by atoms with E-state index in [0.717, 1.165) is 12.8 Å². The average molecular weight is 637 g/mol. The SMILES string of the molecule is COC(CC[Si](OC)(OC)OC)C1(C)C=c2cc3cc4cc5cc6cc7cc8ccccc8cc7cc6cc5cc4cc3cc2=CC1. The normalized spacial score (nSPS) is 17.4. The third-order valence-corrected chi connectivity index (χ3v) is 13.4. The summed E-state index contributed by atoms with van der Waals surface area (Å²) in [6, 6.07) is 37.4. The van der Waals surface area contributed by atoms with Gasteiger partial charge in [0.05, 0.1) is 6.10 Å². The van der Waals surface area contributed by atoms with Crippen molar-refractivity contribution in [2.24, 2.45) is 5.41 Å². The van der Waals surface area contributed by atoms with Crippen LogP contribution in [0.5, 0.6) is 0 Å². The van der Waals surface area contributed by atoms with E-state index in [1.165, 1.54) is 75.1 Å². The Morgan fingerprint density at radius 3 is 1.34 bits per heavy atom. The van der Waals surface area contributed by atoms with E-state index in [-0.39, 0.29) is 11.5 Å². The summed E-state index contributed by atoms with van der Waals surface area (Å²) in [5.74, 6) is 0. The van der Waals surface area contributed by atoms with Gasteiger partial charge in [-0.25, -0.2) is 0 Å². The summed E-state index contributed by atoms with van der Waals surface area (Å²) in [5.41, 5.74) is -0.157. The van der Waals surface area contributed by atoms with Crippen LogP contribution in [0.1, 0.15) is 19.8 Å². The zero-order valence-corrected chi connectivity index (χ0v) is 28.7. The van der Waals surface area contributed by atoms with Gasteiger partial charge in [0.2, 0.25) is 0 Å². The first kappa shape index (κ1) is 30.2. The van der Waals surface area contributed by atoms with Crippen LogP contribution in [0.4, 0.5) is 0 Å². The minimum absolute atomic E-state index is 0.00329. The van der Waals surface area contributed by atoms with Gasteiger partial charge in [0, 0.05) is 39.9 Å². The van der Waals surface area contributed by atoms with Crippen LogP contribution in [0.2, 0.25) is 6.04 Å². The standard InChI is InChI=1S/C42H40O4Si/c1-42(41(43-2)11-13-47(44-3,45-4)46-5)12-10-29-16-32-19-35-22-36-20-33-17-30-14-27-8-6-7-9-28(27)15-31(30)18-34(33)21-37(36)23-38(35)24-39(32)25-40(29)26-42/h6-10,14-26,41H,11-13H2,1-5H3. The highest BCUT2D eigenvalue weighted by atomic mass is 28.4. The van der Waals surface area contributed by atoms with Crippen molar-refractivity contribution in [2.45, 2.75) is 31.9 Å². The van der Waals surface area contributed by atoms with Crippen LogP contribution in [0.15, 0.2) is 97.1 Å². The lowest BCUT2D eigenvalue weighted by atomic mass is 9.76. The molecule has 0 saturated carbocycles. The third kappa shape index (κ3) is 5.23. The fraction of sp³-hybridized carbons (Fsp3) is 0.238. The van der Waals surface area contributed by atoms with E-state index in [1.54, 1.807) is 28.4 Å². The molecule has 0 fully saturated rings. The molecule has 2 atom stereocenters. The molecule has 1 aliphatic rings. The lowest BCUT2D eigenvalue weighted by molar-refractivity contribution is 0.0242. The number of benzene rings is 7. The molecule has 47 heavy (non-hydrogen) atoms. The van der Waals surface area contributed by atoms with Crippen molar-refractivity contribution in [2.75, 3.05) is 28.4 Å². The van der Waals surface area contributed by atoms with Gasteiger partial charge in [-0.3, -0.25) is 0 Å². The molecule has 7 aromatic rings. The molecule has 0 N–H and O–H groups in total. The van der Waals surface area contributed by atoms with Gasteiger partial charge in [-0.1, -0.05) is 43.3 Å². The topological polar surface area (TPSA) is 36.9 Å². The fourth-order valence-electron chi connectivity index (χ4n) is 7.89. The van der Waals surface area contributed by atoms with Crippen LogP contribution >= 0.6 is 0 Å². The summed E-state index contributed by atoms with van der Waals surface area (Å²) < 4.78 is 23.2. The second-order valence-corrected chi connectivity index (χ2v) is 16.5. The van der Waals surface area contributed by atoms with Crippen molar-refractivity contribution in [3.05, 3.63) is 107 Å². The van der Waals surface area contributed by atoms with E-state index in [2.05, 4.69) is 116 Å². The summed E-state index contributed by atoms with van der Waals surface area (Å²) in [7, 11) is 4.12. The van der Waals surface area contributed by atoms with Gasteiger partial charge in [0.15, 0.2) is 0 Å². The Labute approximate surface area is 276 Å². The summed E-state index contributed by atoms with van der Waals surface area (Å²) in [5, 5.41) is 17.8. The molecule has 1 aliphatic carbocycles. The monoisotopic (exact) mass is 636 g/mol. The summed E-state index contributed by atoms with van der Waals surface area (Å²) in [6.45, 7) is 2.29. The van der Waals surface area contributed by atoms with Gasteiger partial charge in [-0.05, 0) is 161 Å². The second-order valence-electron chi connectivity index (χ2n) is 13.4. The maximum atomic E-state index is 6.10. The molecular weight excluding hydrogens is 597 g/mol. The number of hydrogen-bond acceptors (Lipinski definition) is 4. The highest BCUT2D eigenvalue weighted by molar-refractivity contribution is 6.60. The van der Waals surface area contributed by atoms with Crippen molar-refractivity contribution in [3.63, 3.8) is 0 Å². The summed E-state index contributed by atoms with van der Waals surface area (Å²) in [6.07, 6.45) is 6.49. The molecular formula is C42H40O4Si. The summed E-state index contributed by atoms with van der Waals surface area (Å²) in [4.78, 5) is 0. The first-order chi connectivity index (χ1) is 22.8. The quantitative estimate of drug-likeness (QED) is 0.123. The van der Waals surface area contributed by atoms with Crippen molar-refractivity contribution < 1.29 is 18.0 Å². The molecule has 0 amide bonds. The molecule has 7 aromatic carbocycles. The number of fused-ring (bicyclic) bond motifs is 7. The predicted octanol–water partition coefficient (Wildman–Crippen LogP) is 8.86. The lowest BCUT2D eigenvalue weighted by Gasteiger charge is -2.36. The van der Waals surface area contributed by atoms with E-state index < -0.39 is 8.80 Å². The number of hydrogen-bond donors (Lipinski definition) is 0. The Morgan fingerprint density at radius 2 is 0.936 bits per heavy atom. The molecule has 0 radical (unpaired) electrons. The van der Waals surface area contributed by atoms with E-state index in [9.17, 15) is 0 Å². The first-order valence-corrected chi connectivity index (χ1v) is 18.3. The summed E-state index contributed by atoms with van der Waals surface area (Å²) >= 11 is 0. The van der Waals surface area contributed by atoms with Gasteiger partial charge in [-0.15, -0.1) is 0 Å². The van der Waals surface area contributed by atoms with Crippen molar-refractivity contribution in [1.29, 1.82) is 0 Å². The minimum Gasteiger partial charge on any atom is -0.381 e. The first-order valence-electron chi connectivity index (χ1n) is 16.4. The van der Waals surface area contributed by atoms with Crippen LogP contribution in [0, 0.1) is 5.41 Å². The molecule has 5 heteroatoms. The van der Waals surface area contributed by atoms with Crippen LogP contribution in [0.25, 0.3) is 76.8 Å². The largest absolute Gasteiger partial charge is 0.500 e. The molecule has 0 saturated heterocycles. The van der Waals surface area contributed by atoms with Crippen molar-refractivity contribution in [3.8, 4) is 0 Å². The van der Waals surface area contributed by atoms with Crippen molar-refractivity contribution in [1.82, 2.24) is 0 Å². The molecule has 4 nitrogen and oxygen atoms in total. The van der Waals surface area contributed by atoms with Crippen molar-refractivity contribution >= 4 is 85.6 Å². The van der Waals surface area contributed by atoms with Gasteiger partial charge in [-0.2, -0.15) is 0 Å². The highest BCUT2D eigenvalue weighted by Crippen LogP contribution is 2.37. The van der Waals surface area contributed by atoms with E-state index >= 15 is 0 Å². The smallest absolute Gasteiger partial charge is 0.381 e. The van der Waals surface area contributed by atoms with Gasteiger partial charge in [0.25, 0.3) is 0 Å². The van der Waals surface area contributed by atoms with Crippen LogP contribution in [-0.4, -0.2) is 43.3 Å². The van der Waals surface area contributed by atoms with E-state index in [1.807, 2.05) is 0 Å². The minimum atomic E-state index is -2.69. The molecule has 0 aliphatic heterocycles. The lowest BCUT2D eigenvalue weighted by Crippen LogP contribution is -2.45. The Balaban J connectivity index is 1.19. The molecule has 2 unspecified atom stereocenters. The van der Waals surface area contributed by atoms with E-state index in [4.69, 9.17) is 18.0 Å². The zero-order valence-electron chi connectivity index (χ0n) is 27.7. The zero-order chi connectivity index (χ0) is 32.3. The average Bonchev–Trinajstić information content (AvgIpc) is 3.08. The molecule has 8 rings (SSSR count). The van der Waals surface area contributed by atoms with Gasteiger partial charge >= 0.3 is 8.80 Å².